The molecule has 1 aromatic carbocycles. The SMILES string of the molecule is CN(C)C1(c2ccccc2)CCC(NC(=O)CN)CC1.Cl. The van der Waals surface area contributed by atoms with E-state index in [0.717, 1.165) is 25.7 Å². The largest absolute Gasteiger partial charge is 0.352 e. The van der Waals surface area contributed by atoms with Gasteiger partial charge in [-0.1, -0.05) is 30.3 Å². The second-order valence-corrected chi connectivity index (χ2v) is 5.84. The number of hydrogen-bond acceptors (Lipinski definition) is 3. The average molecular weight is 312 g/mol. The highest BCUT2D eigenvalue weighted by Crippen LogP contribution is 2.40. The fourth-order valence-electron chi connectivity index (χ4n) is 3.27. The molecular formula is C16H26ClN3O. The van der Waals surface area contributed by atoms with Crippen molar-refractivity contribution in [2.24, 2.45) is 5.73 Å². The summed E-state index contributed by atoms with van der Waals surface area (Å²) >= 11 is 0. The summed E-state index contributed by atoms with van der Waals surface area (Å²) in [6.07, 6.45) is 4.11. The topological polar surface area (TPSA) is 58.4 Å². The Morgan fingerprint density at radius 3 is 2.33 bits per heavy atom. The van der Waals surface area contributed by atoms with E-state index in [0.29, 0.717) is 0 Å². The van der Waals surface area contributed by atoms with Gasteiger partial charge in [0.25, 0.3) is 0 Å². The minimum absolute atomic E-state index is 0. The predicted octanol–water partition coefficient (Wildman–Crippen LogP) is 1.88. The van der Waals surface area contributed by atoms with E-state index >= 15 is 0 Å². The molecule has 5 heteroatoms. The molecule has 1 fully saturated rings. The van der Waals surface area contributed by atoms with Crippen LogP contribution in [0.3, 0.4) is 0 Å². The lowest BCUT2D eigenvalue weighted by Crippen LogP contribution is -2.49. The van der Waals surface area contributed by atoms with Gasteiger partial charge in [0.1, 0.15) is 0 Å². The highest BCUT2D eigenvalue weighted by molar-refractivity contribution is 5.85. The first-order valence-corrected chi connectivity index (χ1v) is 7.31. The Hall–Kier alpha value is -1.10. The maximum atomic E-state index is 11.4. The first-order chi connectivity index (χ1) is 9.58. The van der Waals surface area contributed by atoms with Crippen LogP contribution in [0.25, 0.3) is 0 Å². The van der Waals surface area contributed by atoms with Crippen LogP contribution in [0.15, 0.2) is 30.3 Å². The second kappa shape index (κ2) is 7.78. The fourth-order valence-corrected chi connectivity index (χ4v) is 3.27. The van der Waals surface area contributed by atoms with Crippen molar-refractivity contribution in [2.45, 2.75) is 37.3 Å². The molecule has 0 aliphatic heterocycles. The van der Waals surface area contributed by atoms with Crippen molar-refractivity contribution >= 4 is 18.3 Å². The quantitative estimate of drug-likeness (QED) is 0.892. The average Bonchev–Trinajstić information content (AvgIpc) is 2.48. The Bertz CT molecular complexity index is 442. The molecule has 0 heterocycles. The normalized spacial score (nSPS) is 25.2. The summed E-state index contributed by atoms with van der Waals surface area (Å²) in [6, 6.07) is 10.9. The zero-order chi connectivity index (χ0) is 14.6. The molecule has 0 unspecified atom stereocenters. The Balaban J connectivity index is 0.00000220. The molecule has 1 aliphatic carbocycles. The molecular weight excluding hydrogens is 286 g/mol. The molecule has 1 aliphatic rings. The van der Waals surface area contributed by atoms with Crippen LogP contribution in [-0.2, 0) is 10.3 Å². The zero-order valence-electron chi connectivity index (χ0n) is 12.8. The van der Waals surface area contributed by atoms with Gasteiger partial charge in [-0.15, -0.1) is 12.4 Å². The van der Waals surface area contributed by atoms with Crippen molar-refractivity contribution in [3.63, 3.8) is 0 Å². The van der Waals surface area contributed by atoms with Gasteiger partial charge in [-0.05, 0) is 45.3 Å². The second-order valence-electron chi connectivity index (χ2n) is 5.84. The smallest absolute Gasteiger partial charge is 0.233 e. The number of rotatable bonds is 4. The van der Waals surface area contributed by atoms with Gasteiger partial charge < -0.3 is 11.1 Å². The lowest BCUT2D eigenvalue weighted by Gasteiger charge is -2.45. The third-order valence-electron chi connectivity index (χ3n) is 4.53. The van der Waals surface area contributed by atoms with Gasteiger partial charge in [0, 0.05) is 11.6 Å². The minimum atomic E-state index is -0.0490. The minimum Gasteiger partial charge on any atom is -0.352 e. The van der Waals surface area contributed by atoms with Gasteiger partial charge in [0.05, 0.1) is 6.54 Å². The van der Waals surface area contributed by atoms with Crippen LogP contribution in [0.5, 0.6) is 0 Å². The third-order valence-corrected chi connectivity index (χ3v) is 4.53. The van der Waals surface area contributed by atoms with Crippen LogP contribution in [0.1, 0.15) is 31.2 Å². The fraction of sp³-hybridized carbons (Fsp3) is 0.562. The summed E-state index contributed by atoms with van der Waals surface area (Å²) < 4.78 is 0. The Morgan fingerprint density at radius 2 is 1.86 bits per heavy atom. The molecule has 4 nitrogen and oxygen atoms in total. The Labute approximate surface area is 133 Å². The number of nitrogens with one attached hydrogen (secondary N) is 1. The molecule has 1 aromatic rings. The predicted molar refractivity (Wildman–Crippen MR) is 88.5 cm³/mol. The summed E-state index contributed by atoms with van der Waals surface area (Å²) in [5.41, 5.74) is 6.82. The lowest BCUT2D eigenvalue weighted by molar-refractivity contribution is -0.120. The molecule has 1 amide bonds. The highest BCUT2D eigenvalue weighted by Gasteiger charge is 2.38. The Kier molecular flexibility index (Phi) is 6.65. The van der Waals surface area contributed by atoms with Gasteiger partial charge >= 0.3 is 0 Å². The van der Waals surface area contributed by atoms with Crippen LogP contribution in [0, 0.1) is 0 Å². The zero-order valence-corrected chi connectivity index (χ0v) is 13.7. The number of halogens is 1. The van der Waals surface area contributed by atoms with Gasteiger partial charge in [-0.3, -0.25) is 9.69 Å². The molecule has 0 bridgehead atoms. The molecule has 21 heavy (non-hydrogen) atoms. The van der Waals surface area contributed by atoms with E-state index in [9.17, 15) is 4.79 Å². The van der Waals surface area contributed by atoms with Crippen molar-refractivity contribution in [1.82, 2.24) is 10.2 Å². The molecule has 2 rings (SSSR count). The van der Waals surface area contributed by atoms with E-state index in [2.05, 4.69) is 54.6 Å². The molecule has 0 aromatic heterocycles. The van der Waals surface area contributed by atoms with Crippen molar-refractivity contribution in [3.8, 4) is 0 Å². The van der Waals surface area contributed by atoms with Crippen molar-refractivity contribution in [2.75, 3.05) is 20.6 Å². The van der Waals surface area contributed by atoms with E-state index < -0.39 is 0 Å². The first-order valence-electron chi connectivity index (χ1n) is 7.31. The highest BCUT2D eigenvalue weighted by atomic mass is 35.5. The Morgan fingerprint density at radius 1 is 1.29 bits per heavy atom. The summed E-state index contributed by atoms with van der Waals surface area (Å²) in [5, 5.41) is 3.01. The van der Waals surface area contributed by atoms with Crippen LogP contribution in [-0.4, -0.2) is 37.5 Å². The summed E-state index contributed by atoms with van der Waals surface area (Å²) in [7, 11) is 4.29. The number of benzene rings is 1. The van der Waals surface area contributed by atoms with Crippen LogP contribution >= 0.6 is 12.4 Å². The van der Waals surface area contributed by atoms with Gasteiger partial charge in [-0.25, -0.2) is 0 Å². The number of nitrogens with two attached hydrogens (primary N) is 1. The monoisotopic (exact) mass is 311 g/mol. The maximum absolute atomic E-state index is 11.4. The number of amides is 1. The molecule has 0 saturated heterocycles. The van der Waals surface area contributed by atoms with E-state index in [4.69, 9.17) is 5.73 Å². The van der Waals surface area contributed by atoms with Crippen LogP contribution in [0.2, 0.25) is 0 Å². The van der Waals surface area contributed by atoms with Gasteiger partial charge in [0.15, 0.2) is 0 Å². The molecule has 0 atom stereocenters. The van der Waals surface area contributed by atoms with Gasteiger partial charge in [0.2, 0.25) is 5.91 Å². The number of nitrogens with zero attached hydrogens (tertiary/aromatic N) is 1. The van der Waals surface area contributed by atoms with Crippen LogP contribution < -0.4 is 11.1 Å². The van der Waals surface area contributed by atoms with E-state index in [1.54, 1.807) is 0 Å². The standard InChI is InChI=1S/C16H25N3O.ClH/c1-19(2)16(13-6-4-3-5-7-13)10-8-14(9-11-16)18-15(20)12-17;/h3-7,14H,8-12,17H2,1-2H3,(H,18,20);1H. The summed E-state index contributed by atoms with van der Waals surface area (Å²) in [5.74, 6) is -0.0490. The molecule has 0 radical (unpaired) electrons. The number of carbonyl (C=O) groups is 1. The van der Waals surface area contributed by atoms with E-state index in [1.807, 2.05) is 0 Å². The van der Waals surface area contributed by atoms with Crippen LogP contribution in [0.4, 0.5) is 0 Å². The summed E-state index contributed by atoms with van der Waals surface area (Å²) in [6.45, 7) is 0.0774. The third kappa shape index (κ3) is 3.96. The lowest BCUT2D eigenvalue weighted by atomic mass is 9.74. The van der Waals surface area contributed by atoms with Gasteiger partial charge in [-0.2, -0.15) is 0 Å². The van der Waals surface area contributed by atoms with Crippen molar-refractivity contribution < 1.29 is 4.79 Å². The first kappa shape index (κ1) is 18.0. The van der Waals surface area contributed by atoms with Crippen molar-refractivity contribution in [1.29, 1.82) is 0 Å². The maximum Gasteiger partial charge on any atom is 0.233 e. The molecule has 1 saturated carbocycles. The molecule has 3 N–H and O–H groups in total. The molecule has 0 spiro atoms. The number of carbonyl (C=O) groups excluding carboxylic acids is 1. The molecule has 118 valence electrons. The van der Waals surface area contributed by atoms with E-state index in [-0.39, 0.29) is 36.4 Å². The summed E-state index contributed by atoms with van der Waals surface area (Å²) in [4.78, 5) is 13.7. The van der Waals surface area contributed by atoms with E-state index in [1.165, 1.54) is 5.56 Å². The van der Waals surface area contributed by atoms with Crippen molar-refractivity contribution in [3.05, 3.63) is 35.9 Å². The number of hydrogen-bond donors (Lipinski definition) is 2.